The van der Waals surface area contributed by atoms with E-state index in [1.165, 1.54) is 33.0 Å². The molecule has 0 fully saturated rings. The Hall–Kier alpha value is -3.91. The maximum Gasteiger partial charge on any atom is 0.0644 e. The van der Waals surface area contributed by atoms with E-state index in [0.29, 0.717) is 0 Å². The van der Waals surface area contributed by atoms with Gasteiger partial charge in [0.2, 0.25) is 0 Å². The standard InChI is InChI=1S/C27H18N2/c1-2-9-20(10-3-1)29(22-11-6-16-28-18-22)21-14-15-23-24-12-4-7-19-8-5-13-25(27(19)24)26(23)17-21/h1-18H. The largest absolute Gasteiger partial charge is 0.309 e. The van der Waals surface area contributed by atoms with E-state index in [9.17, 15) is 0 Å². The van der Waals surface area contributed by atoms with Crippen LogP contribution < -0.4 is 4.90 Å². The Kier molecular flexibility index (Phi) is 3.50. The van der Waals surface area contributed by atoms with Crippen LogP contribution in [0.2, 0.25) is 0 Å². The van der Waals surface area contributed by atoms with Gasteiger partial charge < -0.3 is 4.90 Å². The number of rotatable bonds is 3. The summed E-state index contributed by atoms with van der Waals surface area (Å²) >= 11 is 0. The van der Waals surface area contributed by atoms with Crippen molar-refractivity contribution >= 4 is 27.8 Å². The lowest BCUT2D eigenvalue weighted by Crippen LogP contribution is -2.10. The monoisotopic (exact) mass is 370 g/mol. The van der Waals surface area contributed by atoms with Crippen molar-refractivity contribution < 1.29 is 0 Å². The SMILES string of the molecule is c1ccc(N(c2cccnc2)c2ccc3c(c2)-c2cccc4cccc-3c24)cc1. The van der Waals surface area contributed by atoms with Gasteiger partial charge in [-0.05, 0) is 69.4 Å². The van der Waals surface area contributed by atoms with Crippen LogP contribution in [-0.4, -0.2) is 4.98 Å². The highest BCUT2D eigenvalue weighted by Gasteiger charge is 2.22. The van der Waals surface area contributed by atoms with E-state index in [-0.39, 0.29) is 0 Å². The van der Waals surface area contributed by atoms with Gasteiger partial charge in [0.05, 0.1) is 11.9 Å². The molecule has 5 aromatic rings. The summed E-state index contributed by atoms with van der Waals surface area (Å²) in [5, 5.41) is 2.65. The maximum atomic E-state index is 4.35. The number of benzene rings is 4. The quantitative estimate of drug-likeness (QED) is 0.324. The molecule has 1 aliphatic carbocycles. The average Bonchev–Trinajstić information content (AvgIpc) is 3.11. The minimum Gasteiger partial charge on any atom is -0.309 e. The van der Waals surface area contributed by atoms with Gasteiger partial charge in [0.25, 0.3) is 0 Å². The second-order valence-corrected chi connectivity index (χ2v) is 7.32. The third-order valence-electron chi connectivity index (χ3n) is 5.66. The number of nitrogens with zero attached hydrogens (tertiary/aromatic N) is 2. The molecule has 2 nitrogen and oxygen atoms in total. The molecule has 1 heterocycles. The second-order valence-electron chi connectivity index (χ2n) is 7.32. The van der Waals surface area contributed by atoms with Gasteiger partial charge in [0.1, 0.15) is 0 Å². The maximum absolute atomic E-state index is 4.35. The van der Waals surface area contributed by atoms with Gasteiger partial charge in [0, 0.05) is 17.6 Å². The Labute approximate surface area is 169 Å². The Morgan fingerprint density at radius 3 is 2.03 bits per heavy atom. The number of pyridine rings is 1. The van der Waals surface area contributed by atoms with Crippen LogP contribution in [0.5, 0.6) is 0 Å². The number of aromatic nitrogens is 1. The van der Waals surface area contributed by atoms with Gasteiger partial charge in [-0.2, -0.15) is 0 Å². The normalized spacial score (nSPS) is 11.4. The van der Waals surface area contributed by atoms with Crippen molar-refractivity contribution in [2.45, 2.75) is 0 Å². The minimum atomic E-state index is 1.05. The third-order valence-corrected chi connectivity index (χ3v) is 5.66. The van der Waals surface area contributed by atoms with Crippen LogP contribution in [0, 0.1) is 0 Å². The van der Waals surface area contributed by atoms with Crippen LogP contribution >= 0.6 is 0 Å². The molecule has 1 aromatic heterocycles. The summed E-state index contributed by atoms with van der Waals surface area (Å²) < 4.78 is 0. The van der Waals surface area contributed by atoms with Gasteiger partial charge in [-0.1, -0.05) is 60.7 Å². The molecule has 2 heteroatoms. The molecule has 6 rings (SSSR count). The van der Waals surface area contributed by atoms with Crippen LogP contribution in [0.3, 0.4) is 0 Å². The van der Waals surface area contributed by atoms with Crippen molar-refractivity contribution in [1.82, 2.24) is 4.98 Å². The van der Waals surface area contributed by atoms with Gasteiger partial charge >= 0.3 is 0 Å². The van der Waals surface area contributed by atoms with Crippen LogP contribution in [0.15, 0.2) is 109 Å². The molecule has 0 unspecified atom stereocenters. The molecule has 1 aliphatic rings. The molecule has 0 saturated carbocycles. The lowest BCUT2D eigenvalue weighted by Gasteiger charge is -2.25. The summed E-state index contributed by atoms with van der Waals surface area (Å²) in [4.78, 5) is 6.61. The van der Waals surface area contributed by atoms with E-state index in [1.807, 2.05) is 24.5 Å². The Morgan fingerprint density at radius 1 is 0.517 bits per heavy atom. The molecule has 4 aromatic carbocycles. The summed E-state index contributed by atoms with van der Waals surface area (Å²) in [7, 11) is 0. The third kappa shape index (κ3) is 2.46. The van der Waals surface area contributed by atoms with Crippen molar-refractivity contribution in [1.29, 1.82) is 0 Å². The molecule has 0 saturated heterocycles. The fraction of sp³-hybridized carbons (Fsp3) is 0. The summed E-state index contributed by atoms with van der Waals surface area (Å²) in [6.07, 6.45) is 3.72. The van der Waals surface area contributed by atoms with Crippen LogP contribution in [0.25, 0.3) is 33.0 Å². The van der Waals surface area contributed by atoms with Crippen LogP contribution in [0.4, 0.5) is 17.1 Å². The first-order valence-corrected chi connectivity index (χ1v) is 9.82. The Morgan fingerprint density at radius 2 is 1.28 bits per heavy atom. The number of hydrogen-bond donors (Lipinski definition) is 0. The summed E-state index contributed by atoms with van der Waals surface area (Å²) in [6.45, 7) is 0. The molecule has 0 atom stereocenters. The van der Waals surface area contributed by atoms with Gasteiger partial charge in [0.15, 0.2) is 0 Å². The lowest BCUT2D eigenvalue weighted by molar-refractivity contribution is 1.23. The zero-order valence-electron chi connectivity index (χ0n) is 15.8. The van der Waals surface area contributed by atoms with Gasteiger partial charge in [-0.15, -0.1) is 0 Å². The smallest absolute Gasteiger partial charge is 0.0644 e. The summed E-state index contributed by atoms with van der Waals surface area (Å²) in [6, 6.07) is 34.5. The summed E-state index contributed by atoms with van der Waals surface area (Å²) in [5.74, 6) is 0. The van der Waals surface area contributed by atoms with Crippen LogP contribution in [0.1, 0.15) is 0 Å². The van der Waals surface area contributed by atoms with E-state index >= 15 is 0 Å². The van der Waals surface area contributed by atoms with Gasteiger partial charge in [-0.25, -0.2) is 0 Å². The Balaban J connectivity index is 1.58. The highest BCUT2D eigenvalue weighted by Crippen LogP contribution is 2.49. The van der Waals surface area contributed by atoms with E-state index < -0.39 is 0 Å². The zero-order chi connectivity index (χ0) is 19.2. The van der Waals surface area contributed by atoms with E-state index in [4.69, 9.17) is 0 Å². The molecule has 0 N–H and O–H groups in total. The zero-order valence-corrected chi connectivity index (χ0v) is 15.8. The predicted molar refractivity (Wildman–Crippen MR) is 121 cm³/mol. The van der Waals surface area contributed by atoms with Crippen molar-refractivity contribution in [2.75, 3.05) is 4.90 Å². The first-order chi connectivity index (χ1) is 14.4. The topological polar surface area (TPSA) is 16.1 Å². The number of fused-ring (bicyclic) bond motifs is 3. The lowest BCUT2D eigenvalue weighted by atomic mass is 10.0. The van der Waals surface area contributed by atoms with E-state index in [0.717, 1.165) is 17.1 Å². The van der Waals surface area contributed by atoms with Crippen molar-refractivity contribution in [3.05, 3.63) is 109 Å². The molecule has 0 aliphatic heterocycles. The molecule has 29 heavy (non-hydrogen) atoms. The molecule has 136 valence electrons. The highest BCUT2D eigenvalue weighted by atomic mass is 15.1. The molecule has 0 spiro atoms. The second kappa shape index (κ2) is 6.32. The minimum absolute atomic E-state index is 1.05. The molecule has 0 bridgehead atoms. The van der Waals surface area contributed by atoms with Crippen molar-refractivity contribution in [3.8, 4) is 22.3 Å². The van der Waals surface area contributed by atoms with E-state index in [1.54, 1.807) is 0 Å². The number of para-hydroxylation sites is 1. The fourth-order valence-electron chi connectivity index (χ4n) is 4.43. The summed E-state index contributed by atoms with van der Waals surface area (Å²) in [5.41, 5.74) is 8.54. The Bertz CT molecular complexity index is 1300. The van der Waals surface area contributed by atoms with E-state index in [2.05, 4.69) is 94.8 Å². The van der Waals surface area contributed by atoms with Crippen molar-refractivity contribution in [2.24, 2.45) is 0 Å². The number of anilines is 3. The highest BCUT2D eigenvalue weighted by molar-refractivity contribution is 6.15. The first kappa shape index (κ1) is 16.1. The first-order valence-electron chi connectivity index (χ1n) is 9.82. The molecule has 0 amide bonds. The predicted octanol–water partition coefficient (Wildman–Crippen LogP) is 7.35. The van der Waals surface area contributed by atoms with Crippen LogP contribution in [-0.2, 0) is 0 Å². The number of hydrogen-bond acceptors (Lipinski definition) is 2. The van der Waals surface area contributed by atoms with Crippen molar-refractivity contribution in [3.63, 3.8) is 0 Å². The van der Waals surface area contributed by atoms with Gasteiger partial charge in [-0.3, -0.25) is 4.98 Å². The fourth-order valence-corrected chi connectivity index (χ4v) is 4.43. The average molecular weight is 370 g/mol. The molecular formula is C27H18N2. The molecular weight excluding hydrogens is 352 g/mol. The molecule has 0 radical (unpaired) electrons.